The fourth-order valence-corrected chi connectivity index (χ4v) is 0.963. The van der Waals surface area contributed by atoms with Crippen LogP contribution >= 0.6 is 11.6 Å². The number of amides is 1. The van der Waals surface area contributed by atoms with Crippen LogP contribution in [-0.2, 0) is 4.79 Å². The molecule has 0 fully saturated rings. The Hall–Kier alpha value is -0.960. The monoisotopic (exact) mass is 172 g/mol. The van der Waals surface area contributed by atoms with Crippen LogP contribution in [0.5, 0.6) is 0 Å². The Morgan fingerprint density at radius 1 is 1.73 bits per heavy atom. The molecular formula is C7H9ClN2O. The van der Waals surface area contributed by atoms with Crippen LogP contribution in [0, 0.1) is 0 Å². The highest BCUT2D eigenvalue weighted by atomic mass is 35.5. The van der Waals surface area contributed by atoms with E-state index in [0.717, 1.165) is 0 Å². The number of nitrogens with zero attached hydrogens (tertiary/aromatic N) is 1. The molecule has 0 bridgehead atoms. The molecule has 4 heteroatoms. The van der Waals surface area contributed by atoms with Crippen molar-refractivity contribution >= 4 is 17.5 Å². The van der Waals surface area contributed by atoms with Crippen molar-refractivity contribution in [2.24, 2.45) is 5.73 Å². The molecule has 1 aliphatic heterocycles. The average molecular weight is 173 g/mol. The first-order valence-corrected chi connectivity index (χ1v) is 3.56. The summed E-state index contributed by atoms with van der Waals surface area (Å²) in [5.74, 6) is -0.391. The van der Waals surface area contributed by atoms with Crippen LogP contribution in [0.25, 0.3) is 0 Å². The summed E-state index contributed by atoms with van der Waals surface area (Å²) in [6.45, 7) is 0.491. The van der Waals surface area contributed by atoms with Gasteiger partial charge in [-0.2, -0.15) is 0 Å². The van der Waals surface area contributed by atoms with Gasteiger partial charge in [0.2, 0.25) is 5.91 Å². The Bertz CT molecular complexity index is 245. The molecule has 0 unspecified atom stereocenters. The Kier molecular flexibility index (Phi) is 2.19. The summed E-state index contributed by atoms with van der Waals surface area (Å²) in [5.41, 5.74) is 5.65. The average Bonchev–Trinajstić information content (AvgIpc) is 1.94. The Morgan fingerprint density at radius 2 is 2.36 bits per heavy atom. The molecule has 3 nitrogen and oxygen atoms in total. The number of nitrogens with two attached hydrogens (primary N) is 1. The molecule has 1 heterocycles. The Morgan fingerprint density at radius 3 is 2.82 bits per heavy atom. The van der Waals surface area contributed by atoms with Gasteiger partial charge in [0.25, 0.3) is 0 Å². The number of primary amides is 1. The molecule has 1 rings (SSSR count). The molecule has 0 aromatic heterocycles. The van der Waals surface area contributed by atoms with E-state index in [1.807, 2.05) is 0 Å². The SMILES string of the molecule is CN1CC(C(N)=O)=CC=C1Cl. The van der Waals surface area contributed by atoms with Crippen LogP contribution in [0.3, 0.4) is 0 Å². The fourth-order valence-electron chi connectivity index (χ4n) is 0.840. The Balaban J connectivity index is 2.82. The maximum atomic E-state index is 10.7. The summed E-state index contributed by atoms with van der Waals surface area (Å²) >= 11 is 5.73. The zero-order valence-corrected chi connectivity index (χ0v) is 6.93. The van der Waals surface area contributed by atoms with Crippen molar-refractivity contribution in [3.63, 3.8) is 0 Å². The maximum Gasteiger partial charge on any atom is 0.246 e. The van der Waals surface area contributed by atoms with Crippen LogP contribution in [0.2, 0.25) is 0 Å². The number of halogens is 1. The summed E-state index contributed by atoms with van der Waals surface area (Å²) in [4.78, 5) is 12.4. The lowest BCUT2D eigenvalue weighted by atomic mass is 10.2. The quantitative estimate of drug-likeness (QED) is 0.583. The first-order chi connectivity index (χ1) is 5.11. The highest BCUT2D eigenvalue weighted by molar-refractivity contribution is 6.29. The second kappa shape index (κ2) is 2.96. The van der Waals surface area contributed by atoms with E-state index in [4.69, 9.17) is 17.3 Å². The lowest BCUT2D eigenvalue weighted by molar-refractivity contribution is -0.114. The van der Waals surface area contributed by atoms with E-state index in [-0.39, 0.29) is 0 Å². The molecule has 1 aliphatic rings. The molecule has 2 N–H and O–H groups in total. The number of carbonyl (C=O) groups excluding carboxylic acids is 1. The van der Waals surface area contributed by atoms with Crippen LogP contribution < -0.4 is 5.73 Å². The third-order valence-electron chi connectivity index (χ3n) is 1.51. The van der Waals surface area contributed by atoms with Crippen molar-refractivity contribution in [3.8, 4) is 0 Å². The van der Waals surface area contributed by atoms with Gasteiger partial charge in [0, 0.05) is 19.2 Å². The third kappa shape index (κ3) is 1.74. The third-order valence-corrected chi connectivity index (χ3v) is 1.93. The molecule has 0 aromatic carbocycles. The lowest BCUT2D eigenvalue weighted by Gasteiger charge is -2.21. The second-order valence-corrected chi connectivity index (χ2v) is 2.79. The largest absolute Gasteiger partial charge is 0.366 e. The summed E-state index contributed by atoms with van der Waals surface area (Å²) in [6.07, 6.45) is 3.30. The van der Waals surface area contributed by atoms with Gasteiger partial charge in [-0.25, -0.2) is 0 Å². The molecule has 0 aliphatic carbocycles. The minimum Gasteiger partial charge on any atom is -0.366 e. The maximum absolute atomic E-state index is 10.7. The van der Waals surface area contributed by atoms with Crippen molar-refractivity contribution in [1.29, 1.82) is 0 Å². The molecule has 0 spiro atoms. The molecule has 60 valence electrons. The number of hydrogen-bond acceptors (Lipinski definition) is 2. The number of rotatable bonds is 1. The molecule has 0 atom stereocenters. The number of allylic oxidation sites excluding steroid dienone is 2. The van der Waals surface area contributed by atoms with Crippen molar-refractivity contribution in [1.82, 2.24) is 4.90 Å². The van der Waals surface area contributed by atoms with Crippen LogP contribution in [0.4, 0.5) is 0 Å². The molecule has 0 radical (unpaired) electrons. The smallest absolute Gasteiger partial charge is 0.246 e. The molecule has 0 aromatic rings. The minimum absolute atomic E-state index is 0.391. The normalized spacial score (nSPS) is 17.5. The number of likely N-dealkylation sites (N-methyl/N-ethyl adjacent to an activating group) is 1. The predicted molar refractivity (Wildman–Crippen MR) is 43.8 cm³/mol. The van der Waals surface area contributed by atoms with Crippen molar-refractivity contribution in [2.75, 3.05) is 13.6 Å². The van der Waals surface area contributed by atoms with Gasteiger partial charge in [-0.1, -0.05) is 11.6 Å². The van der Waals surface area contributed by atoms with E-state index in [1.165, 1.54) is 0 Å². The van der Waals surface area contributed by atoms with Gasteiger partial charge in [-0.3, -0.25) is 4.79 Å². The highest BCUT2D eigenvalue weighted by Crippen LogP contribution is 2.14. The second-order valence-electron chi connectivity index (χ2n) is 2.40. The van der Waals surface area contributed by atoms with Gasteiger partial charge in [0.15, 0.2) is 0 Å². The van der Waals surface area contributed by atoms with Crippen molar-refractivity contribution in [2.45, 2.75) is 0 Å². The summed E-state index contributed by atoms with van der Waals surface area (Å²) in [6, 6.07) is 0. The van der Waals surface area contributed by atoms with Gasteiger partial charge in [0.1, 0.15) is 5.16 Å². The first kappa shape index (κ1) is 8.14. The van der Waals surface area contributed by atoms with E-state index in [2.05, 4.69) is 0 Å². The van der Waals surface area contributed by atoms with Gasteiger partial charge < -0.3 is 10.6 Å². The standard InChI is InChI=1S/C7H9ClN2O/c1-10-4-5(7(9)11)2-3-6(10)8/h2-3H,4H2,1H3,(H2,9,11). The fraction of sp³-hybridized carbons (Fsp3) is 0.286. The zero-order valence-electron chi connectivity index (χ0n) is 6.17. The minimum atomic E-state index is -0.391. The van der Waals surface area contributed by atoms with E-state index >= 15 is 0 Å². The summed E-state index contributed by atoms with van der Waals surface area (Å²) in [7, 11) is 1.80. The van der Waals surface area contributed by atoms with E-state index < -0.39 is 5.91 Å². The van der Waals surface area contributed by atoms with Gasteiger partial charge >= 0.3 is 0 Å². The summed E-state index contributed by atoms with van der Waals surface area (Å²) < 4.78 is 0. The topological polar surface area (TPSA) is 46.3 Å². The Labute approximate surface area is 70.1 Å². The molecule has 0 saturated heterocycles. The highest BCUT2D eigenvalue weighted by Gasteiger charge is 2.12. The van der Waals surface area contributed by atoms with Crippen molar-refractivity contribution in [3.05, 3.63) is 22.9 Å². The van der Waals surface area contributed by atoms with E-state index in [0.29, 0.717) is 17.3 Å². The number of carbonyl (C=O) groups is 1. The summed E-state index contributed by atoms with van der Waals surface area (Å²) in [5, 5.41) is 0.620. The van der Waals surface area contributed by atoms with Crippen LogP contribution in [0.15, 0.2) is 22.9 Å². The number of hydrogen-bond donors (Lipinski definition) is 1. The van der Waals surface area contributed by atoms with Crippen molar-refractivity contribution < 1.29 is 4.79 Å². The molecule has 0 saturated carbocycles. The van der Waals surface area contributed by atoms with Gasteiger partial charge in [-0.15, -0.1) is 0 Å². The van der Waals surface area contributed by atoms with Gasteiger partial charge in [-0.05, 0) is 12.2 Å². The molecule has 11 heavy (non-hydrogen) atoms. The first-order valence-electron chi connectivity index (χ1n) is 3.18. The lowest BCUT2D eigenvalue weighted by Crippen LogP contribution is -2.27. The van der Waals surface area contributed by atoms with E-state index in [9.17, 15) is 4.79 Å². The van der Waals surface area contributed by atoms with Crippen LogP contribution in [0.1, 0.15) is 0 Å². The zero-order chi connectivity index (χ0) is 8.43. The van der Waals surface area contributed by atoms with Crippen LogP contribution in [-0.4, -0.2) is 24.4 Å². The molecule has 1 amide bonds. The van der Waals surface area contributed by atoms with Gasteiger partial charge in [0.05, 0.1) is 0 Å². The van der Waals surface area contributed by atoms with E-state index in [1.54, 1.807) is 24.1 Å². The predicted octanol–water partition coefficient (Wildman–Crippen LogP) is 0.424. The molecular weight excluding hydrogens is 164 g/mol.